The molecule has 0 aliphatic carbocycles. The van der Waals surface area contributed by atoms with Crippen molar-refractivity contribution in [2.75, 3.05) is 5.32 Å². The molecule has 3 rings (SSSR count). The Bertz CT molecular complexity index is 755. The highest BCUT2D eigenvalue weighted by atomic mass is 19.1. The van der Waals surface area contributed by atoms with Crippen molar-refractivity contribution in [2.45, 2.75) is 6.54 Å². The average molecular weight is 294 g/mol. The zero-order chi connectivity index (χ0) is 15.4. The largest absolute Gasteiger partial charge is 0.508 e. The summed E-state index contributed by atoms with van der Waals surface area (Å²) in [5.41, 5.74) is 3.33. The standard InChI is InChI=1S/C18H15FN2O/c19-15-7-5-13(6-8-15)17-10-9-16(12-21-17)20-11-14-3-1-2-4-18(14)22/h1-10,12,20,22H,11H2. The van der Waals surface area contributed by atoms with Gasteiger partial charge in [0.25, 0.3) is 0 Å². The number of phenolic OH excluding ortho intramolecular Hbond substituents is 1. The minimum absolute atomic E-state index is 0.260. The molecule has 0 fully saturated rings. The van der Waals surface area contributed by atoms with Crippen LogP contribution in [0.25, 0.3) is 11.3 Å². The van der Waals surface area contributed by atoms with Gasteiger partial charge in [0.05, 0.1) is 17.6 Å². The number of nitrogens with one attached hydrogen (secondary N) is 1. The number of aromatic nitrogens is 1. The second-order valence-corrected chi connectivity index (χ2v) is 4.92. The van der Waals surface area contributed by atoms with E-state index in [2.05, 4.69) is 10.3 Å². The van der Waals surface area contributed by atoms with E-state index in [0.717, 1.165) is 22.5 Å². The normalized spacial score (nSPS) is 10.4. The average Bonchev–Trinajstić information content (AvgIpc) is 2.55. The second-order valence-electron chi connectivity index (χ2n) is 4.92. The first kappa shape index (κ1) is 14.1. The molecular weight excluding hydrogens is 279 g/mol. The molecule has 1 heterocycles. The highest BCUT2D eigenvalue weighted by Gasteiger charge is 2.02. The van der Waals surface area contributed by atoms with Gasteiger partial charge in [0.2, 0.25) is 0 Å². The van der Waals surface area contributed by atoms with Crippen LogP contribution in [0.2, 0.25) is 0 Å². The molecule has 110 valence electrons. The summed E-state index contributed by atoms with van der Waals surface area (Å²) >= 11 is 0. The molecule has 0 aliphatic rings. The Morgan fingerprint density at radius 3 is 2.41 bits per heavy atom. The molecule has 22 heavy (non-hydrogen) atoms. The van der Waals surface area contributed by atoms with Crippen LogP contribution in [0.5, 0.6) is 5.75 Å². The summed E-state index contributed by atoms with van der Waals surface area (Å²) in [4.78, 5) is 4.37. The number of hydrogen-bond acceptors (Lipinski definition) is 3. The first-order chi connectivity index (χ1) is 10.7. The lowest BCUT2D eigenvalue weighted by Gasteiger charge is -2.08. The maximum atomic E-state index is 12.9. The van der Waals surface area contributed by atoms with E-state index in [0.29, 0.717) is 6.54 Å². The highest BCUT2D eigenvalue weighted by molar-refractivity contribution is 5.61. The number of phenols is 1. The Morgan fingerprint density at radius 2 is 1.73 bits per heavy atom. The van der Waals surface area contributed by atoms with Gasteiger partial charge in [-0.05, 0) is 42.5 Å². The van der Waals surface area contributed by atoms with Crippen molar-refractivity contribution < 1.29 is 9.50 Å². The summed E-state index contributed by atoms with van der Waals surface area (Å²) in [6, 6.07) is 17.2. The molecule has 0 unspecified atom stereocenters. The van der Waals surface area contributed by atoms with Gasteiger partial charge >= 0.3 is 0 Å². The van der Waals surface area contributed by atoms with Crippen LogP contribution in [0.3, 0.4) is 0 Å². The third-order valence-electron chi connectivity index (χ3n) is 3.38. The van der Waals surface area contributed by atoms with E-state index in [1.807, 2.05) is 24.3 Å². The molecule has 2 aromatic carbocycles. The van der Waals surface area contributed by atoms with Crippen molar-refractivity contribution in [1.29, 1.82) is 0 Å². The van der Waals surface area contributed by atoms with E-state index in [9.17, 15) is 9.50 Å². The van der Waals surface area contributed by atoms with Crippen molar-refractivity contribution >= 4 is 5.69 Å². The summed E-state index contributed by atoms with van der Waals surface area (Å²) in [5.74, 6) is 0.00981. The van der Waals surface area contributed by atoms with Crippen molar-refractivity contribution in [3.63, 3.8) is 0 Å². The van der Waals surface area contributed by atoms with E-state index in [1.54, 1.807) is 30.5 Å². The first-order valence-corrected chi connectivity index (χ1v) is 6.95. The van der Waals surface area contributed by atoms with Gasteiger partial charge in [0.1, 0.15) is 11.6 Å². The molecule has 0 radical (unpaired) electrons. The van der Waals surface area contributed by atoms with Gasteiger partial charge < -0.3 is 10.4 Å². The van der Waals surface area contributed by atoms with Crippen LogP contribution < -0.4 is 5.32 Å². The van der Waals surface area contributed by atoms with Crippen LogP contribution in [-0.4, -0.2) is 10.1 Å². The quantitative estimate of drug-likeness (QED) is 0.758. The number of hydrogen-bond donors (Lipinski definition) is 2. The maximum Gasteiger partial charge on any atom is 0.123 e. The molecule has 0 bridgehead atoms. The van der Waals surface area contributed by atoms with Gasteiger partial charge in [-0.15, -0.1) is 0 Å². The number of para-hydroxylation sites is 1. The predicted molar refractivity (Wildman–Crippen MR) is 85.1 cm³/mol. The lowest BCUT2D eigenvalue weighted by molar-refractivity contribution is 0.469. The molecule has 3 aromatic rings. The van der Waals surface area contributed by atoms with Gasteiger partial charge in [0.15, 0.2) is 0 Å². The number of benzene rings is 2. The fourth-order valence-electron chi connectivity index (χ4n) is 2.15. The SMILES string of the molecule is Oc1ccccc1CNc1ccc(-c2ccc(F)cc2)nc1. The minimum Gasteiger partial charge on any atom is -0.508 e. The lowest BCUT2D eigenvalue weighted by Crippen LogP contribution is -2.00. The van der Waals surface area contributed by atoms with Gasteiger partial charge in [-0.3, -0.25) is 4.98 Å². The van der Waals surface area contributed by atoms with Crippen LogP contribution in [-0.2, 0) is 6.54 Å². The second kappa shape index (κ2) is 6.26. The van der Waals surface area contributed by atoms with E-state index in [1.165, 1.54) is 12.1 Å². The Balaban J connectivity index is 1.69. The number of rotatable bonds is 4. The molecule has 1 aromatic heterocycles. The summed E-state index contributed by atoms with van der Waals surface area (Å²) in [7, 11) is 0. The highest BCUT2D eigenvalue weighted by Crippen LogP contribution is 2.20. The van der Waals surface area contributed by atoms with Gasteiger partial charge in [-0.2, -0.15) is 0 Å². The number of aromatic hydroxyl groups is 1. The zero-order valence-electron chi connectivity index (χ0n) is 11.8. The van der Waals surface area contributed by atoms with Gasteiger partial charge in [-0.1, -0.05) is 18.2 Å². The summed E-state index contributed by atoms with van der Waals surface area (Å²) in [6.45, 7) is 0.518. The van der Waals surface area contributed by atoms with E-state index in [4.69, 9.17) is 0 Å². The van der Waals surface area contributed by atoms with Crippen LogP contribution in [0.1, 0.15) is 5.56 Å². The van der Waals surface area contributed by atoms with Crippen molar-refractivity contribution in [3.05, 3.63) is 78.2 Å². The smallest absolute Gasteiger partial charge is 0.123 e. The molecule has 0 atom stereocenters. The lowest BCUT2D eigenvalue weighted by atomic mass is 10.1. The van der Waals surface area contributed by atoms with Gasteiger partial charge in [-0.25, -0.2) is 4.39 Å². The molecule has 0 aliphatic heterocycles. The molecule has 3 nitrogen and oxygen atoms in total. The molecule has 0 saturated heterocycles. The van der Waals surface area contributed by atoms with Crippen LogP contribution >= 0.6 is 0 Å². The summed E-state index contributed by atoms with van der Waals surface area (Å²) in [5, 5.41) is 12.9. The number of pyridine rings is 1. The molecular formula is C18H15FN2O. The van der Waals surface area contributed by atoms with Gasteiger partial charge in [0, 0.05) is 17.7 Å². The topological polar surface area (TPSA) is 45.1 Å². The Hall–Kier alpha value is -2.88. The van der Waals surface area contributed by atoms with Crippen LogP contribution in [0.4, 0.5) is 10.1 Å². The fourth-order valence-corrected chi connectivity index (χ4v) is 2.15. The number of halogens is 1. The molecule has 4 heteroatoms. The van der Waals surface area contributed by atoms with Crippen molar-refractivity contribution in [1.82, 2.24) is 4.98 Å². The Labute approximate surface area is 128 Å². The predicted octanol–water partition coefficient (Wildman–Crippen LogP) is 4.21. The molecule has 2 N–H and O–H groups in total. The molecule has 0 spiro atoms. The Kier molecular flexibility index (Phi) is 4.01. The van der Waals surface area contributed by atoms with Crippen LogP contribution in [0.15, 0.2) is 66.9 Å². The fraction of sp³-hybridized carbons (Fsp3) is 0.0556. The van der Waals surface area contributed by atoms with Crippen molar-refractivity contribution in [3.8, 4) is 17.0 Å². The Morgan fingerprint density at radius 1 is 0.955 bits per heavy atom. The number of anilines is 1. The first-order valence-electron chi connectivity index (χ1n) is 6.95. The molecule has 0 saturated carbocycles. The monoisotopic (exact) mass is 294 g/mol. The third kappa shape index (κ3) is 3.23. The van der Waals surface area contributed by atoms with E-state index < -0.39 is 0 Å². The molecule has 0 amide bonds. The third-order valence-corrected chi connectivity index (χ3v) is 3.38. The van der Waals surface area contributed by atoms with Crippen molar-refractivity contribution in [2.24, 2.45) is 0 Å². The number of nitrogens with zero attached hydrogens (tertiary/aromatic N) is 1. The van der Waals surface area contributed by atoms with E-state index in [-0.39, 0.29) is 11.6 Å². The van der Waals surface area contributed by atoms with Crippen LogP contribution in [0, 0.1) is 5.82 Å². The maximum absolute atomic E-state index is 12.9. The summed E-state index contributed by atoms with van der Waals surface area (Å²) < 4.78 is 12.9. The zero-order valence-corrected chi connectivity index (χ0v) is 11.8. The minimum atomic E-state index is -0.260. The van der Waals surface area contributed by atoms with E-state index >= 15 is 0 Å². The summed E-state index contributed by atoms with van der Waals surface area (Å²) in [6.07, 6.45) is 1.72.